The molecule has 2 unspecified atom stereocenters. The number of nitrogens with zero attached hydrogens (tertiary/aromatic N) is 1. The molecule has 1 aliphatic heterocycles. The molecule has 1 aliphatic rings. The first kappa shape index (κ1) is 15.9. The molecule has 1 rings (SSSR count). The zero-order chi connectivity index (χ0) is 15.0. The van der Waals surface area contributed by atoms with E-state index in [2.05, 4.69) is 0 Å². The van der Waals surface area contributed by atoms with Crippen molar-refractivity contribution in [3.63, 3.8) is 0 Å². The second-order valence-electron chi connectivity index (χ2n) is 6.05. The van der Waals surface area contributed by atoms with E-state index < -0.39 is 33.4 Å². The fraction of sp³-hybridized carbons (Fsp3) is 0.818. The van der Waals surface area contributed by atoms with Gasteiger partial charge in [-0.2, -0.15) is 0 Å². The number of aliphatic carboxylic acids is 1. The first-order chi connectivity index (χ1) is 8.42. The van der Waals surface area contributed by atoms with Crippen molar-refractivity contribution in [2.45, 2.75) is 33.2 Å². The number of nitrogens with two attached hydrogens (primary N) is 1. The van der Waals surface area contributed by atoms with Crippen LogP contribution >= 0.6 is 0 Å². The molecule has 0 bridgehead atoms. The zero-order valence-electron chi connectivity index (χ0n) is 11.3. The average Bonchev–Trinajstić information content (AvgIpc) is 2.40. The van der Waals surface area contributed by atoms with E-state index in [4.69, 9.17) is 5.14 Å². The molecule has 1 heterocycles. The topological polar surface area (TPSA) is 118 Å². The third-order valence-corrected chi connectivity index (χ3v) is 4.01. The molecule has 0 aromatic carbocycles. The molecule has 2 atom stereocenters. The molecule has 0 spiro atoms. The number of carboxylic acid groups (broad SMARTS) is 1. The molecule has 1 saturated heterocycles. The Labute approximate surface area is 112 Å². The Morgan fingerprint density at radius 2 is 2.05 bits per heavy atom. The maximum absolute atomic E-state index is 11.9. The molecular weight excluding hydrogens is 272 g/mol. The van der Waals surface area contributed by atoms with Crippen LogP contribution in [0.25, 0.3) is 0 Å². The van der Waals surface area contributed by atoms with Crippen LogP contribution in [0.4, 0.5) is 0 Å². The predicted octanol–water partition coefficient (Wildman–Crippen LogP) is -0.377. The number of carboxylic acids is 1. The normalized spacial score (nSPS) is 22.6. The Morgan fingerprint density at radius 1 is 1.53 bits per heavy atom. The quantitative estimate of drug-likeness (QED) is 0.732. The van der Waals surface area contributed by atoms with Crippen molar-refractivity contribution in [2.24, 2.45) is 16.5 Å². The highest BCUT2D eigenvalue weighted by Gasteiger charge is 2.44. The molecule has 0 radical (unpaired) electrons. The molecule has 0 aliphatic carbocycles. The molecule has 19 heavy (non-hydrogen) atoms. The van der Waals surface area contributed by atoms with E-state index in [1.54, 1.807) is 20.8 Å². The van der Waals surface area contributed by atoms with E-state index in [-0.39, 0.29) is 24.6 Å². The van der Waals surface area contributed by atoms with E-state index in [0.717, 1.165) is 0 Å². The van der Waals surface area contributed by atoms with Gasteiger partial charge in [-0.05, 0) is 5.41 Å². The van der Waals surface area contributed by atoms with Crippen LogP contribution < -0.4 is 5.14 Å². The first-order valence-corrected chi connectivity index (χ1v) is 7.66. The largest absolute Gasteiger partial charge is 0.480 e. The lowest BCUT2D eigenvalue weighted by molar-refractivity contribution is -0.153. The highest BCUT2D eigenvalue weighted by Crippen LogP contribution is 2.30. The Bertz CT molecular complexity index is 480. The van der Waals surface area contributed by atoms with Gasteiger partial charge in [-0.3, -0.25) is 4.79 Å². The molecule has 0 aromatic heterocycles. The minimum atomic E-state index is -3.66. The fourth-order valence-corrected chi connectivity index (χ4v) is 3.35. The second kappa shape index (κ2) is 5.09. The summed E-state index contributed by atoms with van der Waals surface area (Å²) in [7, 11) is -3.66. The van der Waals surface area contributed by atoms with E-state index in [0.29, 0.717) is 0 Å². The fourth-order valence-electron chi connectivity index (χ4n) is 2.47. The van der Waals surface area contributed by atoms with Gasteiger partial charge < -0.3 is 10.0 Å². The standard InChI is InChI=1S/C11H20N2O5S/c1-11(2,3)9(10(15)16)13-5-7(4-8(13)14)6-19(12,17)18/h7,9H,4-6H2,1-3H3,(H,15,16)(H2,12,17,18). The lowest BCUT2D eigenvalue weighted by atomic mass is 9.85. The number of carbonyl (C=O) groups excluding carboxylic acids is 1. The molecule has 1 amide bonds. The van der Waals surface area contributed by atoms with Crippen LogP contribution in [0.5, 0.6) is 0 Å². The van der Waals surface area contributed by atoms with Crippen LogP contribution in [0, 0.1) is 11.3 Å². The summed E-state index contributed by atoms with van der Waals surface area (Å²) in [6.45, 7) is 5.30. The van der Waals surface area contributed by atoms with E-state index in [1.165, 1.54) is 4.90 Å². The van der Waals surface area contributed by atoms with Gasteiger partial charge in [0.15, 0.2) is 0 Å². The minimum Gasteiger partial charge on any atom is -0.480 e. The summed E-state index contributed by atoms with van der Waals surface area (Å²) in [5, 5.41) is 14.2. The third kappa shape index (κ3) is 4.17. The summed E-state index contributed by atoms with van der Waals surface area (Å²) in [5.74, 6) is -2.16. The molecule has 110 valence electrons. The maximum atomic E-state index is 11.9. The SMILES string of the molecule is CC(C)(C)C(C(=O)O)N1CC(CS(N)(=O)=O)CC1=O. The van der Waals surface area contributed by atoms with Gasteiger partial charge in [-0.15, -0.1) is 0 Å². The highest BCUT2D eigenvalue weighted by atomic mass is 32.2. The Hall–Kier alpha value is -1.15. The summed E-state index contributed by atoms with van der Waals surface area (Å²) >= 11 is 0. The number of carbonyl (C=O) groups is 2. The number of likely N-dealkylation sites (tertiary alicyclic amines) is 1. The number of primary sulfonamides is 1. The summed E-state index contributed by atoms with van der Waals surface area (Å²) in [5.41, 5.74) is -0.627. The molecule has 0 saturated carbocycles. The van der Waals surface area contributed by atoms with Gasteiger partial charge in [0.25, 0.3) is 0 Å². The summed E-state index contributed by atoms with van der Waals surface area (Å²) in [6.07, 6.45) is 0.0241. The first-order valence-electron chi connectivity index (χ1n) is 5.94. The number of hydrogen-bond donors (Lipinski definition) is 2. The minimum absolute atomic E-state index is 0.0241. The number of sulfonamides is 1. The maximum Gasteiger partial charge on any atom is 0.326 e. The van der Waals surface area contributed by atoms with Crippen LogP contribution in [0.2, 0.25) is 0 Å². The third-order valence-electron chi connectivity index (χ3n) is 3.07. The van der Waals surface area contributed by atoms with Crippen molar-refractivity contribution in [1.29, 1.82) is 0 Å². The molecule has 3 N–H and O–H groups in total. The molecule has 1 fully saturated rings. The van der Waals surface area contributed by atoms with Crippen LogP contribution in [0.1, 0.15) is 27.2 Å². The molecule has 0 aromatic rings. The van der Waals surface area contributed by atoms with Crippen molar-refractivity contribution in [1.82, 2.24) is 4.90 Å². The van der Waals surface area contributed by atoms with Crippen molar-refractivity contribution >= 4 is 21.9 Å². The van der Waals surface area contributed by atoms with Gasteiger partial charge in [-0.25, -0.2) is 18.4 Å². The Kier molecular flexibility index (Phi) is 4.26. The highest BCUT2D eigenvalue weighted by molar-refractivity contribution is 7.89. The smallest absolute Gasteiger partial charge is 0.326 e. The lowest BCUT2D eigenvalue weighted by Crippen LogP contribution is -2.50. The van der Waals surface area contributed by atoms with Crippen molar-refractivity contribution in [3.05, 3.63) is 0 Å². The Morgan fingerprint density at radius 3 is 2.42 bits per heavy atom. The van der Waals surface area contributed by atoms with Crippen LogP contribution in [-0.4, -0.2) is 48.6 Å². The van der Waals surface area contributed by atoms with Crippen molar-refractivity contribution in [2.75, 3.05) is 12.3 Å². The predicted molar refractivity (Wildman–Crippen MR) is 68.7 cm³/mol. The number of amides is 1. The zero-order valence-corrected chi connectivity index (χ0v) is 12.1. The average molecular weight is 292 g/mol. The number of rotatable bonds is 4. The molecular formula is C11H20N2O5S. The van der Waals surface area contributed by atoms with Crippen LogP contribution in [0.15, 0.2) is 0 Å². The van der Waals surface area contributed by atoms with Crippen molar-refractivity contribution < 1.29 is 23.1 Å². The van der Waals surface area contributed by atoms with E-state index in [9.17, 15) is 23.1 Å². The van der Waals surface area contributed by atoms with Gasteiger partial charge in [0.05, 0.1) is 5.75 Å². The summed E-state index contributed by atoms with van der Waals surface area (Å²) < 4.78 is 22.1. The van der Waals surface area contributed by atoms with Crippen LogP contribution in [0.3, 0.4) is 0 Å². The molecule has 8 heteroatoms. The van der Waals surface area contributed by atoms with E-state index >= 15 is 0 Å². The van der Waals surface area contributed by atoms with Crippen LogP contribution in [-0.2, 0) is 19.6 Å². The number of hydrogen-bond acceptors (Lipinski definition) is 4. The lowest BCUT2D eigenvalue weighted by Gasteiger charge is -2.34. The van der Waals surface area contributed by atoms with Gasteiger partial charge in [0.1, 0.15) is 6.04 Å². The van der Waals surface area contributed by atoms with Gasteiger partial charge in [-0.1, -0.05) is 20.8 Å². The van der Waals surface area contributed by atoms with Gasteiger partial charge >= 0.3 is 5.97 Å². The van der Waals surface area contributed by atoms with E-state index in [1.807, 2.05) is 0 Å². The Balaban J connectivity index is 2.90. The summed E-state index contributed by atoms with van der Waals surface area (Å²) in [6, 6.07) is -0.967. The van der Waals surface area contributed by atoms with Gasteiger partial charge in [0, 0.05) is 18.9 Å². The van der Waals surface area contributed by atoms with Gasteiger partial charge in [0.2, 0.25) is 15.9 Å². The summed E-state index contributed by atoms with van der Waals surface area (Å²) in [4.78, 5) is 24.5. The van der Waals surface area contributed by atoms with Crippen molar-refractivity contribution in [3.8, 4) is 0 Å². The monoisotopic (exact) mass is 292 g/mol. The molecule has 7 nitrogen and oxygen atoms in total. The second-order valence-corrected chi connectivity index (χ2v) is 7.71.